The van der Waals surface area contributed by atoms with Crippen molar-refractivity contribution in [3.05, 3.63) is 48.0 Å². The van der Waals surface area contributed by atoms with Gasteiger partial charge in [-0.15, -0.1) is 0 Å². The monoisotopic (exact) mass is 318 g/mol. The average molecular weight is 318 g/mol. The number of rotatable bonds is 5. The van der Waals surface area contributed by atoms with Crippen LogP contribution in [0.4, 0.5) is 0 Å². The van der Waals surface area contributed by atoms with Gasteiger partial charge in [0.05, 0.1) is 37.6 Å². The van der Waals surface area contributed by atoms with Gasteiger partial charge in [0.2, 0.25) is 0 Å². The molecule has 4 heteroatoms. The topological polar surface area (TPSA) is 58.9 Å². The molecule has 1 heterocycles. The summed E-state index contributed by atoms with van der Waals surface area (Å²) < 4.78 is 12.1. The predicted molar refractivity (Wildman–Crippen MR) is 87.9 cm³/mol. The fraction of sp³-hybridized carbons (Fsp3) is 0.579. The van der Waals surface area contributed by atoms with Crippen LogP contribution in [0.5, 0.6) is 0 Å². The molecule has 1 spiro atoms. The molecule has 1 aliphatic carbocycles. The number of hydrogen-bond donors (Lipinski definition) is 2. The SMILES string of the molecule is OC[C@@H](O)[C@H]1C[C@@H](OCc2ccccc2)CCC[C@]12C=CCO2. The van der Waals surface area contributed by atoms with Crippen molar-refractivity contribution in [3.8, 4) is 0 Å². The summed E-state index contributed by atoms with van der Waals surface area (Å²) in [5, 5.41) is 19.8. The zero-order chi connectivity index (χ0) is 16.1. The number of aliphatic hydroxyl groups is 2. The van der Waals surface area contributed by atoms with Gasteiger partial charge in [-0.3, -0.25) is 0 Å². The molecule has 1 aromatic carbocycles. The van der Waals surface area contributed by atoms with Crippen molar-refractivity contribution in [1.29, 1.82) is 0 Å². The first-order valence-electron chi connectivity index (χ1n) is 8.49. The van der Waals surface area contributed by atoms with Crippen LogP contribution >= 0.6 is 0 Å². The van der Waals surface area contributed by atoms with Crippen LogP contribution in [-0.4, -0.2) is 41.2 Å². The van der Waals surface area contributed by atoms with Gasteiger partial charge in [-0.2, -0.15) is 0 Å². The van der Waals surface area contributed by atoms with Crippen LogP contribution in [0.3, 0.4) is 0 Å². The maximum atomic E-state index is 10.3. The molecule has 0 saturated heterocycles. The normalized spacial score (nSPS) is 32.1. The van der Waals surface area contributed by atoms with Crippen molar-refractivity contribution in [2.75, 3.05) is 13.2 Å². The molecule has 4 nitrogen and oxygen atoms in total. The molecular formula is C19H26O4. The summed E-state index contributed by atoms with van der Waals surface area (Å²) in [5.41, 5.74) is 0.718. The molecule has 0 aromatic heterocycles. The second-order valence-electron chi connectivity index (χ2n) is 6.57. The van der Waals surface area contributed by atoms with Crippen molar-refractivity contribution in [3.63, 3.8) is 0 Å². The molecule has 126 valence electrons. The summed E-state index contributed by atoms with van der Waals surface area (Å²) in [4.78, 5) is 0. The van der Waals surface area contributed by atoms with Crippen LogP contribution in [-0.2, 0) is 16.1 Å². The minimum atomic E-state index is -0.779. The van der Waals surface area contributed by atoms with Crippen molar-refractivity contribution in [1.82, 2.24) is 0 Å². The molecule has 1 fully saturated rings. The van der Waals surface area contributed by atoms with Crippen molar-refractivity contribution in [2.45, 2.75) is 50.1 Å². The fourth-order valence-corrected chi connectivity index (χ4v) is 3.83. The summed E-state index contributed by atoms with van der Waals surface area (Å²) in [5.74, 6) is -0.130. The van der Waals surface area contributed by atoms with Crippen LogP contribution in [0, 0.1) is 5.92 Å². The number of benzene rings is 1. The van der Waals surface area contributed by atoms with Crippen LogP contribution in [0.1, 0.15) is 31.2 Å². The average Bonchev–Trinajstić information content (AvgIpc) is 2.98. The minimum absolute atomic E-state index is 0.0818. The van der Waals surface area contributed by atoms with Gasteiger partial charge in [0.1, 0.15) is 0 Å². The Labute approximate surface area is 137 Å². The van der Waals surface area contributed by atoms with E-state index in [4.69, 9.17) is 9.47 Å². The second-order valence-corrected chi connectivity index (χ2v) is 6.57. The molecule has 0 bridgehead atoms. The zero-order valence-corrected chi connectivity index (χ0v) is 13.4. The van der Waals surface area contributed by atoms with E-state index in [0.29, 0.717) is 19.6 Å². The Kier molecular flexibility index (Phi) is 5.49. The molecule has 1 aromatic rings. The number of aliphatic hydroxyl groups excluding tert-OH is 2. The van der Waals surface area contributed by atoms with E-state index in [-0.39, 0.29) is 18.6 Å². The predicted octanol–water partition coefficient (Wildman–Crippen LogP) is 2.44. The molecule has 0 radical (unpaired) electrons. The third kappa shape index (κ3) is 3.83. The summed E-state index contributed by atoms with van der Waals surface area (Å²) in [6, 6.07) is 10.1. The largest absolute Gasteiger partial charge is 0.394 e. The lowest BCUT2D eigenvalue weighted by molar-refractivity contribution is -0.0956. The summed E-state index contributed by atoms with van der Waals surface area (Å²) in [6.45, 7) is 0.927. The highest BCUT2D eigenvalue weighted by molar-refractivity contribution is 5.15. The second kappa shape index (κ2) is 7.58. The van der Waals surface area contributed by atoms with E-state index in [2.05, 4.69) is 18.2 Å². The van der Waals surface area contributed by atoms with Gasteiger partial charge in [0.15, 0.2) is 0 Å². The Morgan fingerprint density at radius 2 is 2.13 bits per heavy atom. The fourth-order valence-electron chi connectivity index (χ4n) is 3.83. The van der Waals surface area contributed by atoms with Gasteiger partial charge in [-0.05, 0) is 31.2 Å². The molecule has 0 unspecified atom stereocenters. The highest BCUT2D eigenvalue weighted by Gasteiger charge is 2.45. The minimum Gasteiger partial charge on any atom is -0.394 e. The maximum Gasteiger partial charge on any atom is 0.0922 e. The van der Waals surface area contributed by atoms with E-state index in [1.54, 1.807) is 0 Å². The molecule has 1 saturated carbocycles. The van der Waals surface area contributed by atoms with Gasteiger partial charge in [-0.25, -0.2) is 0 Å². The molecule has 23 heavy (non-hydrogen) atoms. The third-order valence-corrected chi connectivity index (χ3v) is 5.07. The molecule has 2 aliphatic rings. The first-order chi connectivity index (χ1) is 11.2. The van der Waals surface area contributed by atoms with Crippen molar-refractivity contribution >= 4 is 0 Å². The van der Waals surface area contributed by atoms with Gasteiger partial charge >= 0.3 is 0 Å². The highest BCUT2D eigenvalue weighted by atomic mass is 16.5. The molecule has 2 N–H and O–H groups in total. The Balaban J connectivity index is 1.68. The standard InChI is InChI=1S/C19H26O4/c20-13-18(21)17-12-16(22-14-15-6-2-1-3-7-15)8-4-9-19(17)10-5-11-23-19/h1-3,5-7,10,16-18,20-21H,4,8-9,11-14H2/t16-,17+,18+,19-/m0/s1. The lowest BCUT2D eigenvalue weighted by Gasteiger charge is -2.37. The Morgan fingerprint density at radius 1 is 1.30 bits per heavy atom. The first-order valence-corrected chi connectivity index (χ1v) is 8.49. The van der Waals surface area contributed by atoms with E-state index in [0.717, 1.165) is 24.8 Å². The van der Waals surface area contributed by atoms with Crippen LogP contribution in [0.15, 0.2) is 42.5 Å². The van der Waals surface area contributed by atoms with Crippen LogP contribution < -0.4 is 0 Å². The van der Waals surface area contributed by atoms with Gasteiger partial charge in [0, 0.05) is 5.92 Å². The maximum absolute atomic E-state index is 10.3. The van der Waals surface area contributed by atoms with Gasteiger partial charge in [0.25, 0.3) is 0 Å². The number of ether oxygens (including phenoxy) is 2. The Bertz CT molecular complexity index is 515. The summed E-state index contributed by atoms with van der Waals surface area (Å²) in [6.07, 6.45) is 6.93. The summed E-state index contributed by atoms with van der Waals surface area (Å²) >= 11 is 0. The lowest BCUT2D eigenvalue weighted by atomic mass is 9.79. The molecule has 1 aliphatic heterocycles. The van der Waals surface area contributed by atoms with E-state index in [1.165, 1.54) is 0 Å². The Morgan fingerprint density at radius 3 is 2.83 bits per heavy atom. The first kappa shape index (κ1) is 16.7. The molecular weight excluding hydrogens is 292 g/mol. The van der Waals surface area contributed by atoms with Crippen LogP contribution in [0.2, 0.25) is 0 Å². The van der Waals surface area contributed by atoms with E-state index < -0.39 is 11.7 Å². The van der Waals surface area contributed by atoms with Crippen molar-refractivity contribution in [2.24, 2.45) is 5.92 Å². The lowest BCUT2D eigenvalue weighted by Crippen LogP contribution is -2.45. The van der Waals surface area contributed by atoms with E-state index in [9.17, 15) is 10.2 Å². The zero-order valence-electron chi connectivity index (χ0n) is 13.4. The third-order valence-electron chi connectivity index (χ3n) is 5.07. The van der Waals surface area contributed by atoms with E-state index in [1.807, 2.05) is 24.3 Å². The smallest absolute Gasteiger partial charge is 0.0922 e. The number of hydrogen-bond acceptors (Lipinski definition) is 4. The molecule has 0 amide bonds. The summed E-state index contributed by atoms with van der Waals surface area (Å²) in [7, 11) is 0. The van der Waals surface area contributed by atoms with Crippen LogP contribution in [0.25, 0.3) is 0 Å². The van der Waals surface area contributed by atoms with Gasteiger partial charge in [-0.1, -0.05) is 42.5 Å². The van der Waals surface area contributed by atoms with Gasteiger partial charge < -0.3 is 19.7 Å². The Hall–Kier alpha value is -1.20. The molecule has 4 atom stereocenters. The molecule has 3 rings (SSSR count). The van der Waals surface area contributed by atoms with E-state index >= 15 is 0 Å². The quantitative estimate of drug-likeness (QED) is 0.819. The highest BCUT2D eigenvalue weighted by Crippen LogP contribution is 2.41. The van der Waals surface area contributed by atoms with Crippen molar-refractivity contribution < 1.29 is 19.7 Å².